The number of aromatic nitrogens is 4. The summed E-state index contributed by atoms with van der Waals surface area (Å²) in [6, 6.07) is 14.1. The Morgan fingerprint density at radius 1 is 1.14 bits per heavy atom. The standard InChI is InChI=1S/C21H25N5OS/c1-4-15(3)23-19(27)14-28-21-25-24-20(17-11-8-9-13-22-17)26(21)18-12-7-6-10-16(18)5-2/h6-13,15H,4-5,14H2,1-3H3,(H,23,27). The average Bonchev–Trinajstić information content (AvgIpc) is 3.16. The summed E-state index contributed by atoms with van der Waals surface area (Å²) in [5.74, 6) is 0.960. The lowest BCUT2D eigenvalue weighted by Crippen LogP contribution is -2.33. The second kappa shape index (κ2) is 9.50. The van der Waals surface area contributed by atoms with Crippen LogP contribution in [0.1, 0.15) is 32.8 Å². The molecule has 28 heavy (non-hydrogen) atoms. The van der Waals surface area contributed by atoms with Crippen LogP contribution in [0.2, 0.25) is 0 Å². The van der Waals surface area contributed by atoms with Gasteiger partial charge in [-0.2, -0.15) is 0 Å². The summed E-state index contributed by atoms with van der Waals surface area (Å²) in [6.07, 6.45) is 3.53. The largest absolute Gasteiger partial charge is 0.353 e. The molecule has 1 atom stereocenters. The molecule has 0 aliphatic rings. The molecule has 3 aromatic rings. The van der Waals surface area contributed by atoms with Gasteiger partial charge in [-0.25, -0.2) is 0 Å². The summed E-state index contributed by atoms with van der Waals surface area (Å²) in [5.41, 5.74) is 2.95. The quantitative estimate of drug-likeness (QED) is 0.586. The Labute approximate surface area is 169 Å². The van der Waals surface area contributed by atoms with Crippen molar-refractivity contribution in [2.45, 2.75) is 44.8 Å². The van der Waals surface area contributed by atoms with E-state index in [0.29, 0.717) is 16.7 Å². The van der Waals surface area contributed by atoms with Gasteiger partial charge in [0.25, 0.3) is 0 Å². The van der Waals surface area contributed by atoms with E-state index >= 15 is 0 Å². The van der Waals surface area contributed by atoms with E-state index in [1.165, 1.54) is 17.3 Å². The van der Waals surface area contributed by atoms with E-state index < -0.39 is 0 Å². The highest BCUT2D eigenvalue weighted by molar-refractivity contribution is 7.99. The van der Waals surface area contributed by atoms with E-state index in [1.54, 1.807) is 6.20 Å². The zero-order valence-electron chi connectivity index (χ0n) is 16.4. The maximum absolute atomic E-state index is 12.2. The summed E-state index contributed by atoms with van der Waals surface area (Å²) in [5, 5.41) is 12.4. The van der Waals surface area contributed by atoms with Gasteiger partial charge in [0, 0.05) is 12.2 Å². The van der Waals surface area contributed by atoms with E-state index in [-0.39, 0.29) is 11.9 Å². The van der Waals surface area contributed by atoms with Gasteiger partial charge >= 0.3 is 0 Å². The van der Waals surface area contributed by atoms with Crippen molar-refractivity contribution in [2.75, 3.05) is 5.75 Å². The molecule has 1 unspecified atom stereocenters. The van der Waals surface area contributed by atoms with E-state index in [2.05, 4.69) is 46.5 Å². The summed E-state index contributed by atoms with van der Waals surface area (Å²) in [4.78, 5) is 16.7. The van der Waals surface area contributed by atoms with E-state index in [4.69, 9.17) is 0 Å². The van der Waals surface area contributed by atoms with Crippen LogP contribution in [0.4, 0.5) is 0 Å². The minimum atomic E-state index is -0.00272. The molecule has 1 amide bonds. The number of hydrogen-bond donors (Lipinski definition) is 1. The molecular weight excluding hydrogens is 370 g/mol. The zero-order valence-corrected chi connectivity index (χ0v) is 17.2. The lowest BCUT2D eigenvalue weighted by atomic mass is 10.1. The van der Waals surface area contributed by atoms with Crippen LogP contribution in [0, 0.1) is 0 Å². The van der Waals surface area contributed by atoms with Crippen LogP contribution in [-0.2, 0) is 11.2 Å². The molecule has 1 aromatic carbocycles. The SMILES string of the molecule is CCc1ccccc1-n1c(SCC(=O)NC(C)CC)nnc1-c1ccccn1. The molecule has 146 valence electrons. The minimum absolute atomic E-state index is 0.00272. The number of carbonyl (C=O) groups excluding carboxylic acids is 1. The third-order valence-electron chi connectivity index (χ3n) is 4.49. The predicted octanol–water partition coefficient (Wildman–Crippen LogP) is 3.90. The van der Waals surface area contributed by atoms with Gasteiger partial charge in [0.15, 0.2) is 11.0 Å². The minimum Gasteiger partial charge on any atom is -0.353 e. The van der Waals surface area contributed by atoms with Crippen LogP contribution >= 0.6 is 11.8 Å². The molecule has 0 saturated heterocycles. The van der Waals surface area contributed by atoms with Gasteiger partial charge in [-0.15, -0.1) is 10.2 Å². The first-order valence-electron chi connectivity index (χ1n) is 9.51. The second-order valence-corrected chi connectivity index (χ2v) is 7.45. The highest BCUT2D eigenvalue weighted by atomic mass is 32.2. The summed E-state index contributed by atoms with van der Waals surface area (Å²) in [7, 11) is 0. The molecule has 0 aliphatic carbocycles. The Bertz CT molecular complexity index is 926. The Hall–Kier alpha value is -2.67. The fraction of sp³-hybridized carbons (Fsp3) is 0.333. The second-order valence-electron chi connectivity index (χ2n) is 6.50. The van der Waals surface area contributed by atoms with Gasteiger partial charge < -0.3 is 5.32 Å². The molecule has 6 nitrogen and oxygen atoms in total. The number of para-hydroxylation sites is 1. The van der Waals surface area contributed by atoms with Crippen molar-refractivity contribution >= 4 is 17.7 Å². The number of nitrogens with zero attached hydrogens (tertiary/aromatic N) is 4. The summed E-state index contributed by atoms with van der Waals surface area (Å²) in [6.45, 7) is 6.17. The first-order chi connectivity index (χ1) is 13.6. The highest BCUT2D eigenvalue weighted by Gasteiger charge is 2.19. The number of aryl methyl sites for hydroxylation is 1. The van der Waals surface area contributed by atoms with E-state index in [0.717, 1.165) is 24.2 Å². The predicted molar refractivity (Wildman–Crippen MR) is 113 cm³/mol. The van der Waals surface area contributed by atoms with Gasteiger partial charge in [-0.05, 0) is 43.5 Å². The molecule has 0 spiro atoms. The average molecular weight is 396 g/mol. The maximum Gasteiger partial charge on any atom is 0.230 e. The first kappa shape index (κ1) is 20.1. The number of nitrogens with one attached hydrogen (secondary N) is 1. The molecule has 0 bridgehead atoms. The van der Waals surface area contributed by atoms with Crippen molar-refractivity contribution in [1.82, 2.24) is 25.1 Å². The summed E-state index contributed by atoms with van der Waals surface area (Å²) >= 11 is 1.39. The Balaban J connectivity index is 1.97. The van der Waals surface area contributed by atoms with Gasteiger partial charge in [-0.3, -0.25) is 14.3 Å². The highest BCUT2D eigenvalue weighted by Crippen LogP contribution is 2.28. The van der Waals surface area contributed by atoms with Crippen molar-refractivity contribution in [3.8, 4) is 17.2 Å². The van der Waals surface area contributed by atoms with Crippen LogP contribution in [0.15, 0.2) is 53.8 Å². The van der Waals surface area contributed by atoms with Crippen molar-refractivity contribution in [2.24, 2.45) is 0 Å². The van der Waals surface area contributed by atoms with Crippen molar-refractivity contribution in [1.29, 1.82) is 0 Å². The van der Waals surface area contributed by atoms with Crippen molar-refractivity contribution < 1.29 is 4.79 Å². The van der Waals surface area contributed by atoms with Crippen LogP contribution in [0.25, 0.3) is 17.2 Å². The number of thioether (sulfide) groups is 1. The lowest BCUT2D eigenvalue weighted by Gasteiger charge is -2.14. The molecule has 1 N–H and O–H groups in total. The number of pyridine rings is 1. The number of carbonyl (C=O) groups is 1. The Morgan fingerprint density at radius 3 is 2.64 bits per heavy atom. The number of rotatable bonds is 8. The number of benzene rings is 1. The van der Waals surface area contributed by atoms with Crippen molar-refractivity contribution in [3.05, 3.63) is 54.2 Å². The molecule has 7 heteroatoms. The molecule has 0 fully saturated rings. The smallest absolute Gasteiger partial charge is 0.230 e. The van der Waals surface area contributed by atoms with Crippen LogP contribution < -0.4 is 5.32 Å². The normalized spacial score (nSPS) is 12.0. The molecule has 0 radical (unpaired) electrons. The molecule has 3 rings (SSSR count). The molecule has 2 heterocycles. The summed E-state index contributed by atoms with van der Waals surface area (Å²) < 4.78 is 2.00. The monoisotopic (exact) mass is 395 g/mol. The Kier molecular flexibility index (Phi) is 6.81. The molecular formula is C21H25N5OS. The third kappa shape index (κ3) is 4.59. The van der Waals surface area contributed by atoms with Gasteiger partial charge in [0.05, 0.1) is 11.4 Å². The fourth-order valence-corrected chi connectivity index (χ4v) is 3.57. The molecule has 2 aromatic heterocycles. The fourth-order valence-electron chi connectivity index (χ4n) is 2.82. The lowest BCUT2D eigenvalue weighted by molar-refractivity contribution is -0.119. The van der Waals surface area contributed by atoms with E-state index in [1.807, 2.05) is 41.8 Å². The van der Waals surface area contributed by atoms with Crippen molar-refractivity contribution in [3.63, 3.8) is 0 Å². The molecule has 0 aliphatic heterocycles. The number of hydrogen-bond acceptors (Lipinski definition) is 5. The maximum atomic E-state index is 12.2. The first-order valence-corrected chi connectivity index (χ1v) is 10.5. The Morgan fingerprint density at radius 2 is 1.93 bits per heavy atom. The number of amides is 1. The third-order valence-corrected chi connectivity index (χ3v) is 5.42. The molecule has 0 saturated carbocycles. The topological polar surface area (TPSA) is 72.7 Å². The van der Waals surface area contributed by atoms with Gasteiger partial charge in [0.2, 0.25) is 5.91 Å². The van der Waals surface area contributed by atoms with Crippen LogP contribution in [-0.4, -0.2) is 37.5 Å². The van der Waals surface area contributed by atoms with Crippen LogP contribution in [0.3, 0.4) is 0 Å². The van der Waals surface area contributed by atoms with Gasteiger partial charge in [0.1, 0.15) is 5.69 Å². The van der Waals surface area contributed by atoms with Crippen LogP contribution in [0.5, 0.6) is 0 Å². The van der Waals surface area contributed by atoms with E-state index in [9.17, 15) is 4.79 Å². The zero-order chi connectivity index (χ0) is 19.9. The van der Waals surface area contributed by atoms with Gasteiger partial charge in [-0.1, -0.05) is 49.9 Å².